The Kier molecular flexibility index (Phi) is 4.14. The number of rotatable bonds is 4. The summed E-state index contributed by atoms with van der Waals surface area (Å²) in [5, 5.41) is 18.9. The van der Waals surface area contributed by atoms with E-state index in [1.807, 2.05) is 0 Å². The molecule has 0 aliphatic heterocycles. The predicted octanol–water partition coefficient (Wildman–Crippen LogP) is 0.708. The van der Waals surface area contributed by atoms with Gasteiger partial charge in [-0.2, -0.15) is 0 Å². The highest BCUT2D eigenvalue weighted by Crippen LogP contribution is 2.20. The van der Waals surface area contributed by atoms with E-state index < -0.39 is 23.8 Å². The van der Waals surface area contributed by atoms with Gasteiger partial charge in [-0.25, -0.2) is 8.78 Å². The molecule has 0 spiro atoms. The van der Waals surface area contributed by atoms with Crippen LogP contribution in [0.3, 0.4) is 0 Å². The molecule has 3 nitrogen and oxygen atoms in total. The third-order valence-electron chi connectivity index (χ3n) is 2.05. The summed E-state index contributed by atoms with van der Waals surface area (Å²) in [6, 6.07) is 2.66. The van der Waals surface area contributed by atoms with Crippen LogP contribution in [0.1, 0.15) is 18.1 Å². The van der Waals surface area contributed by atoms with Gasteiger partial charge in [-0.15, -0.1) is 0 Å². The van der Waals surface area contributed by atoms with Crippen LogP contribution in [0.5, 0.6) is 0 Å². The maximum atomic E-state index is 12.8. The standard InChI is InChI=1S/C10H13F2NO2/c11-7-3-6(4-8(12)5-7)10(15)9(14)1-2-13/h3-5,9-10,14-15H,1-2,13H2. The van der Waals surface area contributed by atoms with Gasteiger partial charge in [-0.1, -0.05) is 0 Å². The molecule has 1 aromatic carbocycles. The van der Waals surface area contributed by atoms with Crippen molar-refractivity contribution >= 4 is 0 Å². The van der Waals surface area contributed by atoms with Crippen molar-refractivity contribution in [2.24, 2.45) is 5.73 Å². The lowest BCUT2D eigenvalue weighted by atomic mass is 10.0. The number of hydrogen-bond acceptors (Lipinski definition) is 3. The molecular weight excluding hydrogens is 204 g/mol. The minimum Gasteiger partial charge on any atom is -0.390 e. The van der Waals surface area contributed by atoms with Crippen molar-refractivity contribution < 1.29 is 19.0 Å². The van der Waals surface area contributed by atoms with E-state index in [-0.39, 0.29) is 18.5 Å². The first-order valence-corrected chi connectivity index (χ1v) is 4.56. The van der Waals surface area contributed by atoms with Gasteiger partial charge in [0, 0.05) is 6.07 Å². The summed E-state index contributed by atoms with van der Waals surface area (Å²) < 4.78 is 25.6. The van der Waals surface area contributed by atoms with Crippen LogP contribution >= 0.6 is 0 Å². The molecule has 0 saturated carbocycles. The van der Waals surface area contributed by atoms with Crippen LogP contribution < -0.4 is 5.73 Å². The molecule has 4 N–H and O–H groups in total. The summed E-state index contributed by atoms with van der Waals surface area (Å²) in [7, 11) is 0. The summed E-state index contributed by atoms with van der Waals surface area (Å²) >= 11 is 0. The molecular formula is C10H13F2NO2. The Labute approximate surface area is 86.2 Å². The van der Waals surface area contributed by atoms with E-state index in [0.717, 1.165) is 12.1 Å². The fraction of sp³-hybridized carbons (Fsp3) is 0.400. The SMILES string of the molecule is NCCC(O)C(O)c1cc(F)cc(F)c1. The van der Waals surface area contributed by atoms with Gasteiger partial charge in [-0.3, -0.25) is 0 Å². The molecule has 1 aromatic rings. The van der Waals surface area contributed by atoms with Crippen molar-refractivity contribution in [3.63, 3.8) is 0 Å². The van der Waals surface area contributed by atoms with Crippen LogP contribution in [0.25, 0.3) is 0 Å². The lowest BCUT2D eigenvalue weighted by Gasteiger charge is -2.17. The first-order valence-electron chi connectivity index (χ1n) is 4.56. The second kappa shape index (κ2) is 5.16. The molecule has 5 heteroatoms. The van der Waals surface area contributed by atoms with E-state index in [9.17, 15) is 19.0 Å². The molecule has 2 unspecified atom stereocenters. The maximum Gasteiger partial charge on any atom is 0.126 e. The second-order valence-electron chi connectivity index (χ2n) is 3.29. The van der Waals surface area contributed by atoms with Crippen LogP contribution in [0.2, 0.25) is 0 Å². The van der Waals surface area contributed by atoms with E-state index in [2.05, 4.69) is 0 Å². The smallest absolute Gasteiger partial charge is 0.126 e. The van der Waals surface area contributed by atoms with Crippen LogP contribution in [0, 0.1) is 11.6 Å². The second-order valence-corrected chi connectivity index (χ2v) is 3.29. The van der Waals surface area contributed by atoms with Crippen LogP contribution in [-0.2, 0) is 0 Å². The van der Waals surface area contributed by atoms with Gasteiger partial charge in [0.25, 0.3) is 0 Å². The monoisotopic (exact) mass is 217 g/mol. The van der Waals surface area contributed by atoms with Gasteiger partial charge in [0.2, 0.25) is 0 Å². The molecule has 0 aromatic heterocycles. The van der Waals surface area contributed by atoms with Crippen molar-refractivity contribution in [2.45, 2.75) is 18.6 Å². The molecule has 15 heavy (non-hydrogen) atoms. The Balaban J connectivity index is 2.85. The molecule has 2 atom stereocenters. The average Bonchev–Trinajstić information content (AvgIpc) is 2.15. The predicted molar refractivity (Wildman–Crippen MR) is 51.0 cm³/mol. The number of hydrogen-bond donors (Lipinski definition) is 3. The highest BCUT2D eigenvalue weighted by Gasteiger charge is 2.18. The summed E-state index contributed by atoms with van der Waals surface area (Å²) in [6.07, 6.45) is -2.27. The van der Waals surface area contributed by atoms with Gasteiger partial charge < -0.3 is 15.9 Å². The molecule has 1 rings (SSSR count). The maximum absolute atomic E-state index is 12.8. The van der Waals surface area contributed by atoms with E-state index in [1.54, 1.807) is 0 Å². The molecule has 0 fully saturated rings. The Bertz CT molecular complexity index is 313. The number of aliphatic hydroxyl groups excluding tert-OH is 2. The van der Waals surface area contributed by atoms with Gasteiger partial charge >= 0.3 is 0 Å². The van der Waals surface area contributed by atoms with Crippen molar-refractivity contribution in [1.29, 1.82) is 0 Å². The number of nitrogens with two attached hydrogens (primary N) is 1. The zero-order valence-corrected chi connectivity index (χ0v) is 8.03. The highest BCUT2D eigenvalue weighted by atomic mass is 19.1. The number of aliphatic hydroxyl groups is 2. The lowest BCUT2D eigenvalue weighted by molar-refractivity contribution is 0.0147. The van der Waals surface area contributed by atoms with Gasteiger partial charge in [0.1, 0.15) is 17.7 Å². The fourth-order valence-electron chi connectivity index (χ4n) is 1.30. The van der Waals surface area contributed by atoms with Gasteiger partial charge in [0.05, 0.1) is 6.10 Å². The third-order valence-corrected chi connectivity index (χ3v) is 2.05. The van der Waals surface area contributed by atoms with E-state index in [0.29, 0.717) is 6.07 Å². The molecule has 0 aliphatic carbocycles. The number of benzene rings is 1. The zero-order valence-electron chi connectivity index (χ0n) is 8.03. The first kappa shape index (κ1) is 12.0. The van der Waals surface area contributed by atoms with Gasteiger partial charge in [-0.05, 0) is 30.7 Å². The normalized spacial score (nSPS) is 15.0. The summed E-state index contributed by atoms with van der Waals surface area (Å²) in [4.78, 5) is 0. The van der Waals surface area contributed by atoms with Crippen molar-refractivity contribution in [2.75, 3.05) is 6.54 Å². The topological polar surface area (TPSA) is 66.5 Å². The van der Waals surface area contributed by atoms with Crippen LogP contribution in [-0.4, -0.2) is 22.9 Å². The van der Waals surface area contributed by atoms with E-state index in [4.69, 9.17) is 5.73 Å². The summed E-state index contributed by atoms with van der Waals surface area (Å²) in [6.45, 7) is 0.191. The van der Waals surface area contributed by atoms with Crippen LogP contribution in [0.4, 0.5) is 8.78 Å². The van der Waals surface area contributed by atoms with Crippen molar-refractivity contribution in [3.8, 4) is 0 Å². The van der Waals surface area contributed by atoms with Crippen molar-refractivity contribution in [3.05, 3.63) is 35.4 Å². The molecule has 0 amide bonds. The summed E-state index contributed by atoms with van der Waals surface area (Å²) in [5.41, 5.74) is 5.19. The molecule has 0 heterocycles. The lowest BCUT2D eigenvalue weighted by Crippen LogP contribution is -2.22. The Morgan fingerprint density at radius 1 is 1.13 bits per heavy atom. The van der Waals surface area contributed by atoms with E-state index >= 15 is 0 Å². The zero-order chi connectivity index (χ0) is 11.4. The highest BCUT2D eigenvalue weighted by molar-refractivity contribution is 5.21. The Morgan fingerprint density at radius 3 is 2.13 bits per heavy atom. The minimum absolute atomic E-state index is 0.00782. The molecule has 0 bridgehead atoms. The third kappa shape index (κ3) is 3.23. The quantitative estimate of drug-likeness (QED) is 0.695. The van der Waals surface area contributed by atoms with E-state index in [1.165, 1.54) is 0 Å². The first-order chi connectivity index (χ1) is 7.04. The number of halogens is 2. The minimum atomic E-state index is -1.32. The molecule has 84 valence electrons. The average molecular weight is 217 g/mol. The molecule has 0 aliphatic rings. The van der Waals surface area contributed by atoms with Gasteiger partial charge in [0.15, 0.2) is 0 Å². The molecule has 0 radical (unpaired) electrons. The summed E-state index contributed by atoms with van der Waals surface area (Å²) in [5.74, 6) is -1.58. The Hall–Kier alpha value is -1.04. The Morgan fingerprint density at radius 2 is 1.67 bits per heavy atom. The largest absolute Gasteiger partial charge is 0.390 e. The van der Waals surface area contributed by atoms with Crippen LogP contribution in [0.15, 0.2) is 18.2 Å². The van der Waals surface area contributed by atoms with Crippen molar-refractivity contribution in [1.82, 2.24) is 0 Å². The molecule has 0 saturated heterocycles. The fourth-order valence-corrected chi connectivity index (χ4v) is 1.30.